The van der Waals surface area contributed by atoms with Gasteiger partial charge in [-0.1, -0.05) is 0 Å². The highest BCUT2D eigenvalue weighted by atomic mass is 15.5. The molecule has 0 spiro atoms. The van der Waals surface area contributed by atoms with Crippen molar-refractivity contribution in [2.45, 2.75) is 6.92 Å². The monoisotopic (exact) mass is 152 g/mol. The summed E-state index contributed by atoms with van der Waals surface area (Å²) in [4.78, 5) is 8.17. The van der Waals surface area contributed by atoms with Crippen molar-refractivity contribution in [2.24, 2.45) is 0 Å². The fourth-order valence-electron chi connectivity index (χ4n) is 0.703. The van der Waals surface area contributed by atoms with Crippen molar-refractivity contribution in [2.75, 3.05) is 19.5 Å². The van der Waals surface area contributed by atoms with Crippen molar-refractivity contribution in [3.05, 3.63) is 18.0 Å². The minimum absolute atomic E-state index is 0.634. The van der Waals surface area contributed by atoms with Crippen molar-refractivity contribution in [3.8, 4) is 0 Å². The van der Waals surface area contributed by atoms with Crippen LogP contribution >= 0.6 is 0 Å². The molecular weight excluding hydrogens is 140 g/mol. The van der Waals surface area contributed by atoms with Gasteiger partial charge in [0.05, 0.1) is 0 Å². The van der Waals surface area contributed by atoms with Crippen molar-refractivity contribution < 1.29 is 0 Å². The summed E-state index contributed by atoms with van der Waals surface area (Å²) in [6.45, 7) is 1.93. The lowest BCUT2D eigenvalue weighted by molar-refractivity contribution is 0.488. The second kappa shape index (κ2) is 3.30. The molecule has 4 heteroatoms. The van der Waals surface area contributed by atoms with E-state index in [0.29, 0.717) is 5.95 Å². The van der Waals surface area contributed by atoms with Crippen LogP contribution in [0.25, 0.3) is 0 Å². The van der Waals surface area contributed by atoms with E-state index in [2.05, 4.69) is 15.4 Å². The Kier molecular flexibility index (Phi) is 2.38. The average Bonchev–Trinajstić information content (AvgIpc) is 1.85. The maximum absolute atomic E-state index is 4.15. The van der Waals surface area contributed by atoms with Gasteiger partial charge in [-0.3, -0.25) is 5.43 Å². The highest BCUT2D eigenvalue weighted by Crippen LogP contribution is 1.97. The molecule has 1 N–H and O–H groups in total. The first-order valence-corrected chi connectivity index (χ1v) is 3.42. The van der Waals surface area contributed by atoms with Gasteiger partial charge in [0, 0.05) is 26.0 Å². The first kappa shape index (κ1) is 7.94. The number of rotatable bonds is 2. The molecule has 4 nitrogen and oxygen atoms in total. The number of hydrogen-bond donors (Lipinski definition) is 1. The second-order valence-corrected chi connectivity index (χ2v) is 2.53. The van der Waals surface area contributed by atoms with E-state index in [1.165, 1.54) is 0 Å². The molecule has 0 radical (unpaired) electrons. The Hall–Kier alpha value is -1.16. The first-order valence-electron chi connectivity index (χ1n) is 3.42. The molecular formula is C7H12N4. The van der Waals surface area contributed by atoms with Crippen molar-refractivity contribution in [1.82, 2.24) is 15.0 Å². The SMILES string of the molecule is Cc1ccnc(NN(C)C)n1. The van der Waals surface area contributed by atoms with Crippen LogP contribution in [0.5, 0.6) is 0 Å². The molecule has 0 bridgehead atoms. The third kappa shape index (κ3) is 2.51. The first-order chi connectivity index (χ1) is 5.18. The molecule has 0 fully saturated rings. The van der Waals surface area contributed by atoms with Gasteiger partial charge in [0.15, 0.2) is 0 Å². The Morgan fingerprint density at radius 2 is 2.18 bits per heavy atom. The fraction of sp³-hybridized carbons (Fsp3) is 0.429. The molecule has 0 aliphatic rings. The summed E-state index contributed by atoms with van der Waals surface area (Å²) in [5.74, 6) is 0.634. The Balaban J connectivity index is 2.71. The average molecular weight is 152 g/mol. The number of aryl methyl sites for hydroxylation is 1. The quantitative estimate of drug-likeness (QED) is 0.632. The van der Waals surface area contributed by atoms with Gasteiger partial charge in [-0.2, -0.15) is 0 Å². The summed E-state index contributed by atoms with van der Waals surface area (Å²) in [5.41, 5.74) is 3.92. The van der Waals surface area contributed by atoms with Gasteiger partial charge < -0.3 is 0 Å². The minimum atomic E-state index is 0.634. The predicted molar refractivity (Wildman–Crippen MR) is 44.1 cm³/mol. The van der Waals surface area contributed by atoms with Crippen molar-refractivity contribution in [1.29, 1.82) is 0 Å². The standard InChI is InChI=1S/C7H12N4/c1-6-4-5-8-7(9-6)10-11(2)3/h4-5H,1-3H3,(H,8,9,10). The number of aromatic nitrogens is 2. The van der Waals surface area contributed by atoms with Crippen LogP contribution in [0.2, 0.25) is 0 Å². The summed E-state index contributed by atoms with van der Waals surface area (Å²) in [6.07, 6.45) is 1.73. The third-order valence-corrected chi connectivity index (χ3v) is 1.12. The van der Waals surface area contributed by atoms with Crippen LogP contribution in [-0.4, -0.2) is 29.1 Å². The maximum Gasteiger partial charge on any atom is 0.237 e. The number of anilines is 1. The van der Waals surface area contributed by atoms with Gasteiger partial charge in [-0.05, 0) is 13.0 Å². The zero-order valence-corrected chi connectivity index (χ0v) is 7.00. The predicted octanol–water partition coefficient (Wildman–Crippen LogP) is 0.674. The van der Waals surface area contributed by atoms with Gasteiger partial charge >= 0.3 is 0 Å². The second-order valence-electron chi connectivity index (χ2n) is 2.53. The zero-order chi connectivity index (χ0) is 8.27. The smallest absolute Gasteiger partial charge is 0.237 e. The van der Waals surface area contributed by atoms with Gasteiger partial charge in [-0.25, -0.2) is 15.0 Å². The molecule has 0 unspecified atom stereocenters. The lowest BCUT2D eigenvalue weighted by Crippen LogP contribution is -2.21. The maximum atomic E-state index is 4.15. The van der Waals surface area contributed by atoms with E-state index in [4.69, 9.17) is 0 Å². The number of hydrazine groups is 1. The molecule has 1 heterocycles. The topological polar surface area (TPSA) is 41.1 Å². The van der Waals surface area contributed by atoms with Gasteiger partial charge in [-0.15, -0.1) is 0 Å². The molecule has 0 amide bonds. The zero-order valence-electron chi connectivity index (χ0n) is 7.00. The summed E-state index contributed by atoms with van der Waals surface area (Å²) in [6, 6.07) is 1.86. The lowest BCUT2D eigenvalue weighted by Gasteiger charge is -2.10. The summed E-state index contributed by atoms with van der Waals surface area (Å²) >= 11 is 0. The molecule has 1 rings (SSSR count). The summed E-state index contributed by atoms with van der Waals surface area (Å²) < 4.78 is 0. The molecule has 0 aliphatic heterocycles. The lowest BCUT2D eigenvalue weighted by atomic mass is 10.5. The Bertz CT molecular complexity index is 234. The van der Waals surface area contributed by atoms with E-state index in [9.17, 15) is 0 Å². The van der Waals surface area contributed by atoms with Gasteiger partial charge in [0.1, 0.15) is 0 Å². The third-order valence-electron chi connectivity index (χ3n) is 1.12. The Morgan fingerprint density at radius 1 is 1.45 bits per heavy atom. The van der Waals surface area contributed by atoms with Crippen LogP contribution in [0.15, 0.2) is 12.3 Å². The molecule has 0 saturated heterocycles. The highest BCUT2D eigenvalue weighted by molar-refractivity contribution is 5.22. The van der Waals surface area contributed by atoms with E-state index in [1.54, 1.807) is 11.2 Å². The molecule has 0 aromatic carbocycles. The highest BCUT2D eigenvalue weighted by Gasteiger charge is 1.94. The molecule has 0 saturated carbocycles. The van der Waals surface area contributed by atoms with Crippen LogP contribution in [0.4, 0.5) is 5.95 Å². The van der Waals surface area contributed by atoms with Gasteiger partial charge in [0.25, 0.3) is 0 Å². The molecule has 1 aromatic rings. The Labute approximate surface area is 66.2 Å². The van der Waals surface area contributed by atoms with Crippen LogP contribution in [-0.2, 0) is 0 Å². The van der Waals surface area contributed by atoms with E-state index >= 15 is 0 Å². The van der Waals surface area contributed by atoms with Crippen LogP contribution < -0.4 is 5.43 Å². The van der Waals surface area contributed by atoms with Crippen LogP contribution in [0.1, 0.15) is 5.69 Å². The number of nitrogens with zero attached hydrogens (tertiary/aromatic N) is 3. The van der Waals surface area contributed by atoms with Crippen LogP contribution in [0, 0.1) is 6.92 Å². The van der Waals surface area contributed by atoms with E-state index < -0.39 is 0 Å². The number of nitrogens with one attached hydrogen (secondary N) is 1. The van der Waals surface area contributed by atoms with Crippen LogP contribution in [0.3, 0.4) is 0 Å². The molecule has 0 aliphatic carbocycles. The number of hydrogen-bond acceptors (Lipinski definition) is 4. The molecule has 11 heavy (non-hydrogen) atoms. The van der Waals surface area contributed by atoms with Crippen molar-refractivity contribution >= 4 is 5.95 Å². The van der Waals surface area contributed by atoms with Gasteiger partial charge in [0.2, 0.25) is 5.95 Å². The fourth-order valence-corrected chi connectivity index (χ4v) is 0.703. The van der Waals surface area contributed by atoms with E-state index in [-0.39, 0.29) is 0 Å². The normalized spacial score (nSPS) is 10.2. The Morgan fingerprint density at radius 3 is 2.73 bits per heavy atom. The minimum Gasteiger partial charge on any atom is -0.287 e. The molecule has 60 valence electrons. The van der Waals surface area contributed by atoms with Crippen molar-refractivity contribution in [3.63, 3.8) is 0 Å². The largest absolute Gasteiger partial charge is 0.287 e. The molecule has 1 aromatic heterocycles. The summed E-state index contributed by atoms with van der Waals surface area (Å²) in [5, 5.41) is 1.80. The van der Waals surface area contributed by atoms with E-state index in [1.807, 2.05) is 27.1 Å². The summed E-state index contributed by atoms with van der Waals surface area (Å²) in [7, 11) is 3.79. The molecule has 0 atom stereocenters. The van der Waals surface area contributed by atoms with E-state index in [0.717, 1.165) is 5.69 Å².